The molecule has 0 radical (unpaired) electrons. The van der Waals surface area contributed by atoms with E-state index in [0.717, 1.165) is 63.6 Å². The lowest BCUT2D eigenvalue weighted by molar-refractivity contribution is -0.139. The SMILES string of the molecule is O=C(C1CCCN(Cc2c(F)cccc2Cl)C1)N1CCN(Cc2ccc3c(c2)OCO3)CC1. The number of fused-ring (bicyclic) bond motifs is 1. The standard InChI is InChI=1S/C25H29ClFN3O3/c26-21-4-1-5-22(27)20(21)16-29-8-2-3-19(15-29)25(31)30-11-9-28(10-12-30)14-18-6-7-23-24(13-18)33-17-32-23/h1,4-7,13,19H,2-3,8-12,14-17H2. The maximum atomic E-state index is 14.2. The Labute approximate surface area is 198 Å². The summed E-state index contributed by atoms with van der Waals surface area (Å²) in [7, 11) is 0. The molecule has 5 rings (SSSR count). The monoisotopic (exact) mass is 473 g/mol. The summed E-state index contributed by atoms with van der Waals surface area (Å²) in [4.78, 5) is 19.8. The number of ether oxygens (including phenoxy) is 2. The third-order valence-electron chi connectivity index (χ3n) is 6.83. The molecule has 8 heteroatoms. The first-order chi connectivity index (χ1) is 16.1. The van der Waals surface area contributed by atoms with Crippen molar-refractivity contribution in [3.63, 3.8) is 0 Å². The molecule has 3 aliphatic heterocycles. The van der Waals surface area contributed by atoms with Crippen LogP contribution >= 0.6 is 11.6 Å². The van der Waals surface area contributed by atoms with E-state index in [1.54, 1.807) is 12.1 Å². The molecule has 0 bridgehead atoms. The lowest BCUT2D eigenvalue weighted by Gasteiger charge is -2.39. The highest BCUT2D eigenvalue weighted by Gasteiger charge is 2.31. The largest absolute Gasteiger partial charge is 0.454 e. The summed E-state index contributed by atoms with van der Waals surface area (Å²) in [6, 6.07) is 10.9. The van der Waals surface area contributed by atoms with Crippen molar-refractivity contribution in [2.24, 2.45) is 5.92 Å². The first-order valence-electron chi connectivity index (χ1n) is 11.6. The van der Waals surface area contributed by atoms with Gasteiger partial charge in [0, 0.05) is 56.4 Å². The minimum Gasteiger partial charge on any atom is -0.454 e. The van der Waals surface area contributed by atoms with Crippen molar-refractivity contribution in [3.8, 4) is 11.5 Å². The molecule has 1 unspecified atom stereocenters. The second-order valence-electron chi connectivity index (χ2n) is 9.06. The molecule has 6 nitrogen and oxygen atoms in total. The third kappa shape index (κ3) is 5.10. The summed E-state index contributed by atoms with van der Waals surface area (Å²) in [6.45, 7) is 6.24. The first-order valence-corrected chi connectivity index (χ1v) is 12.0. The van der Waals surface area contributed by atoms with E-state index in [4.69, 9.17) is 21.1 Å². The highest BCUT2D eigenvalue weighted by molar-refractivity contribution is 6.31. The third-order valence-corrected chi connectivity index (χ3v) is 7.18. The minimum atomic E-state index is -0.283. The average Bonchev–Trinajstić information content (AvgIpc) is 3.30. The van der Waals surface area contributed by atoms with E-state index in [1.165, 1.54) is 11.6 Å². The van der Waals surface area contributed by atoms with E-state index < -0.39 is 0 Å². The summed E-state index contributed by atoms with van der Waals surface area (Å²) < 4.78 is 25.1. The smallest absolute Gasteiger partial charge is 0.231 e. The second-order valence-corrected chi connectivity index (χ2v) is 9.47. The van der Waals surface area contributed by atoms with Gasteiger partial charge in [-0.25, -0.2) is 4.39 Å². The fourth-order valence-electron chi connectivity index (χ4n) is 4.99. The van der Waals surface area contributed by atoms with Crippen molar-refractivity contribution in [3.05, 3.63) is 58.4 Å². The number of hydrogen-bond donors (Lipinski definition) is 0. The quantitative estimate of drug-likeness (QED) is 0.661. The van der Waals surface area contributed by atoms with E-state index in [-0.39, 0.29) is 24.4 Å². The number of hydrogen-bond acceptors (Lipinski definition) is 5. The molecule has 1 atom stereocenters. The lowest BCUT2D eigenvalue weighted by atomic mass is 9.95. The molecule has 3 aliphatic rings. The maximum absolute atomic E-state index is 14.2. The zero-order valence-corrected chi connectivity index (χ0v) is 19.4. The molecular formula is C25H29ClFN3O3. The Morgan fingerprint density at radius 1 is 1.00 bits per heavy atom. The molecule has 0 saturated carbocycles. The van der Waals surface area contributed by atoms with Gasteiger partial charge in [0.1, 0.15) is 5.82 Å². The van der Waals surface area contributed by atoms with Crippen molar-refractivity contribution >= 4 is 17.5 Å². The summed E-state index contributed by atoms with van der Waals surface area (Å²) >= 11 is 6.21. The molecule has 2 saturated heterocycles. The topological polar surface area (TPSA) is 45.3 Å². The van der Waals surface area contributed by atoms with Gasteiger partial charge >= 0.3 is 0 Å². The predicted octanol–water partition coefficient (Wildman–Crippen LogP) is 3.76. The highest BCUT2D eigenvalue weighted by Crippen LogP contribution is 2.33. The first kappa shape index (κ1) is 22.4. The molecule has 0 N–H and O–H groups in total. The van der Waals surface area contributed by atoms with Crippen LogP contribution in [0.3, 0.4) is 0 Å². The molecule has 2 fully saturated rings. The Hall–Kier alpha value is -2.35. The van der Waals surface area contributed by atoms with Crippen LogP contribution in [0.15, 0.2) is 36.4 Å². The van der Waals surface area contributed by atoms with Gasteiger partial charge in [0.25, 0.3) is 0 Å². The summed E-state index contributed by atoms with van der Waals surface area (Å²) in [5, 5.41) is 0.446. The number of piperazine rings is 1. The number of halogens is 2. The van der Waals surface area contributed by atoms with Crippen LogP contribution < -0.4 is 9.47 Å². The lowest BCUT2D eigenvalue weighted by Crippen LogP contribution is -2.52. The molecular weight excluding hydrogens is 445 g/mol. The Morgan fingerprint density at radius 2 is 1.82 bits per heavy atom. The summed E-state index contributed by atoms with van der Waals surface area (Å²) in [5.74, 6) is 1.51. The van der Waals surface area contributed by atoms with Crippen LogP contribution in [0.5, 0.6) is 11.5 Å². The van der Waals surface area contributed by atoms with Gasteiger partial charge in [0.2, 0.25) is 12.7 Å². The van der Waals surface area contributed by atoms with E-state index in [1.807, 2.05) is 17.0 Å². The van der Waals surface area contributed by atoms with Gasteiger partial charge in [0.05, 0.1) is 5.92 Å². The fourth-order valence-corrected chi connectivity index (χ4v) is 5.21. The summed E-state index contributed by atoms with van der Waals surface area (Å²) in [5.41, 5.74) is 1.71. The van der Waals surface area contributed by atoms with Crippen molar-refractivity contribution in [1.29, 1.82) is 0 Å². The molecule has 1 amide bonds. The molecule has 176 valence electrons. The normalized spacial score (nSPS) is 21.4. The van der Waals surface area contributed by atoms with Crippen LogP contribution in [0.4, 0.5) is 4.39 Å². The van der Waals surface area contributed by atoms with Crippen LogP contribution in [-0.2, 0) is 17.9 Å². The van der Waals surface area contributed by atoms with Gasteiger partial charge in [-0.2, -0.15) is 0 Å². The van der Waals surface area contributed by atoms with Gasteiger partial charge in [-0.3, -0.25) is 14.6 Å². The molecule has 33 heavy (non-hydrogen) atoms. The molecule has 2 aromatic rings. The number of carbonyl (C=O) groups excluding carboxylic acids is 1. The van der Waals surface area contributed by atoms with Crippen LogP contribution in [0.25, 0.3) is 0 Å². The number of benzene rings is 2. The zero-order valence-electron chi connectivity index (χ0n) is 18.6. The van der Waals surface area contributed by atoms with Crippen molar-refractivity contribution < 1.29 is 18.7 Å². The number of likely N-dealkylation sites (tertiary alicyclic amines) is 1. The highest BCUT2D eigenvalue weighted by atomic mass is 35.5. The van der Waals surface area contributed by atoms with Crippen molar-refractivity contribution in [1.82, 2.24) is 14.7 Å². The molecule has 0 aliphatic carbocycles. The number of carbonyl (C=O) groups is 1. The van der Waals surface area contributed by atoms with Crippen LogP contribution in [0.2, 0.25) is 5.02 Å². The van der Waals surface area contributed by atoms with E-state index >= 15 is 0 Å². The number of piperidine rings is 1. The van der Waals surface area contributed by atoms with Crippen molar-refractivity contribution in [2.75, 3.05) is 46.1 Å². The van der Waals surface area contributed by atoms with Crippen molar-refractivity contribution in [2.45, 2.75) is 25.9 Å². The number of rotatable bonds is 5. The number of amides is 1. The number of nitrogens with zero attached hydrogens (tertiary/aromatic N) is 3. The van der Waals surface area contributed by atoms with Crippen LogP contribution in [-0.4, -0.2) is 66.7 Å². The molecule has 2 aromatic carbocycles. The Bertz CT molecular complexity index is 992. The minimum absolute atomic E-state index is 0.0373. The van der Waals surface area contributed by atoms with Gasteiger partial charge in [-0.15, -0.1) is 0 Å². The van der Waals surface area contributed by atoms with E-state index in [2.05, 4.69) is 15.9 Å². The molecule has 0 aromatic heterocycles. The van der Waals surface area contributed by atoms with Gasteiger partial charge < -0.3 is 14.4 Å². The fraction of sp³-hybridized carbons (Fsp3) is 0.480. The second kappa shape index (κ2) is 9.87. The van der Waals surface area contributed by atoms with E-state index in [9.17, 15) is 9.18 Å². The Morgan fingerprint density at radius 3 is 2.64 bits per heavy atom. The van der Waals surface area contributed by atoms with Gasteiger partial charge in [0.15, 0.2) is 11.5 Å². The molecule has 3 heterocycles. The van der Waals surface area contributed by atoms with Crippen LogP contribution in [0.1, 0.15) is 24.0 Å². The zero-order chi connectivity index (χ0) is 22.8. The van der Waals surface area contributed by atoms with Crippen LogP contribution in [0, 0.1) is 11.7 Å². The maximum Gasteiger partial charge on any atom is 0.231 e. The Kier molecular flexibility index (Phi) is 6.71. The van der Waals surface area contributed by atoms with Gasteiger partial charge in [-0.05, 0) is 49.2 Å². The van der Waals surface area contributed by atoms with Gasteiger partial charge in [-0.1, -0.05) is 23.7 Å². The van der Waals surface area contributed by atoms with E-state index in [0.29, 0.717) is 23.7 Å². The Balaban J connectivity index is 1.13. The predicted molar refractivity (Wildman–Crippen MR) is 124 cm³/mol. The summed E-state index contributed by atoms with van der Waals surface area (Å²) in [6.07, 6.45) is 1.82. The molecule has 0 spiro atoms. The average molecular weight is 474 g/mol.